The number of nitrogens with zero attached hydrogens (tertiary/aromatic N) is 3. The zero-order chi connectivity index (χ0) is 22.4. The van der Waals surface area contributed by atoms with Gasteiger partial charge in [-0.15, -0.1) is 0 Å². The van der Waals surface area contributed by atoms with Crippen LogP contribution in [-0.4, -0.2) is 54.8 Å². The van der Waals surface area contributed by atoms with Crippen LogP contribution in [0.1, 0.15) is 71.4 Å². The van der Waals surface area contributed by atoms with Crippen LogP contribution in [0, 0.1) is 12.3 Å². The highest BCUT2D eigenvalue weighted by Gasteiger charge is 2.49. The Kier molecular flexibility index (Phi) is 6.07. The first-order chi connectivity index (χ1) is 14.7. The van der Waals surface area contributed by atoms with E-state index in [1.54, 1.807) is 12.1 Å². The van der Waals surface area contributed by atoms with Crippen molar-refractivity contribution in [3.05, 3.63) is 17.8 Å². The van der Waals surface area contributed by atoms with Crippen LogP contribution in [0.3, 0.4) is 0 Å². The maximum absolute atomic E-state index is 13.7. The first-order valence-corrected chi connectivity index (χ1v) is 13.2. The molecule has 31 heavy (non-hydrogen) atoms. The third-order valence-corrected chi connectivity index (χ3v) is 9.36. The Hall–Kier alpha value is -1.67. The molecule has 3 aliphatic rings. The first-order valence-electron chi connectivity index (χ1n) is 11.7. The van der Waals surface area contributed by atoms with Crippen LogP contribution in [-0.2, 0) is 14.8 Å². The van der Waals surface area contributed by atoms with E-state index in [1.165, 1.54) is 23.6 Å². The Morgan fingerprint density at radius 2 is 2.00 bits per heavy atom. The minimum Gasteiger partial charge on any atom is -0.353 e. The van der Waals surface area contributed by atoms with E-state index in [4.69, 9.17) is 0 Å². The number of pyridine rings is 1. The summed E-state index contributed by atoms with van der Waals surface area (Å²) < 4.78 is 28.9. The van der Waals surface area contributed by atoms with Gasteiger partial charge in [-0.1, -0.05) is 6.42 Å². The maximum atomic E-state index is 13.7. The van der Waals surface area contributed by atoms with E-state index in [1.807, 2.05) is 32.6 Å². The molecule has 8 heteroatoms. The molecule has 2 heterocycles. The normalized spacial score (nSPS) is 23.6. The van der Waals surface area contributed by atoms with Gasteiger partial charge in [-0.25, -0.2) is 13.4 Å². The SMILES string of the molecule is CCN(c1nc(C)ccc1S(=O)(=O)N1CCC[C@H]1C(=O)NC1CC2(CCC2)C1)C(C)C. The molecular weight excluding hydrogens is 412 g/mol. The molecule has 1 saturated heterocycles. The molecule has 2 saturated carbocycles. The molecule has 1 atom stereocenters. The quantitative estimate of drug-likeness (QED) is 0.692. The second kappa shape index (κ2) is 8.35. The lowest BCUT2D eigenvalue weighted by molar-refractivity contribution is -0.127. The minimum atomic E-state index is -3.84. The molecule has 0 aromatic carbocycles. The average Bonchev–Trinajstić information content (AvgIpc) is 3.13. The van der Waals surface area contributed by atoms with Crippen LogP contribution < -0.4 is 10.2 Å². The van der Waals surface area contributed by atoms with Crippen LogP contribution in [0.15, 0.2) is 17.0 Å². The first kappa shape index (κ1) is 22.5. The average molecular weight is 449 g/mol. The van der Waals surface area contributed by atoms with Gasteiger partial charge in [-0.3, -0.25) is 4.79 Å². The van der Waals surface area contributed by atoms with Gasteiger partial charge in [0.2, 0.25) is 15.9 Å². The summed E-state index contributed by atoms with van der Waals surface area (Å²) in [4.78, 5) is 19.8. The monoisotopic (exact) mass is 448 g/mol. The molecule has 2 aliphatic carbocycles. The number of aryl methyl sites for hydroxylation is 1. The van der Waals surface area contributed by atoms with Gasteiger partial charge in [0, 0.05) is 30.9 Å². The van der Waals surface area contributed by atoms with Crippen LogP contribution in [0.4, 0.5) is 5.82 Å². The van der Waals surface area contributed by atoms with Gasteiger partial charge in [0.1, 0.15) is 16.8 Å². The number of amides is 1. The smallest absolute Gasteiger partial charge is 0.247 e. The van der Waals surface area contributed by atoms with Crippen molar-refractivity contribution < 1.29 is 13.2 Å². The zero-order valence-corrected chi connectivity index (χ0v) is 20.0. The Bertz CT molecular complexity index is 934. The number of hydrogen-bond acceptors (Lipinski definition) is 5. The number of aromatic nitrogens is 1. The summed E-state index contributed by atoms with van der Waals surface area (Å²) in [6.07, 6.45) is 7.20. The largest absolute Gasteiger partial charge is 0.353 e. The third kappa shape index (κ3) is 4.09. The van der Waals surface area contributed by atoms with E-state index < -0.39 is 16.1 Å². The van der Waals surface area contributed by atoms with Gasteiger partial charge in [-0.05, 0) is 83.8 Å². The lowest BCUT2D eigenvalue weighted by Gasteiger charge is -2.54. The predicted octanol–water partition coefficient (Wildman–Crippen LogP) is 3.23. The summed E-state index contributed by atoms with van der Waals surface area (Å²) in [5, 5.41) is 3.14. The fraction of sp³-hybridized carbons (Fsp3) is 0.739. The van der Waals surface area contributed by atoms with Crippen molar-refractivity contribution >= 4 is 21.7 Å². The fourth-order valence-electron chi connectivity index (χ4n) is 5.58. The summed E-state index contributed by atoms with van der Waals surface area (Å²) in [5.74, 6) is 0.340. The van der Waals surface area contributed by atoms with E-state index in [0.717, 1.165) is 18.5 Å². The predicted molar refractivity (Wildman–Crippen MR) is 121 cm³/mol. The third-order valence-electron chi connectivity index (χ3n) is 7.43. The minimum absolute atomic E-state index is 0.114. The Morgan fingerprint density at radius 3 is 2.58 bits per heavy atom. The molecule has 1 N–H and O–H groups in total. The van der Waals surface area contributed by atoms with E-state index in [-0.39, 0.29) is 22.9 Å². The second-order valence-electron chi connectivity index (χ2n) is 9.90. The van der Waals surface area contributed by atoms with Crippen molar-refractivity contribution in [2.24, 2.45) is 5.41 Å². The Balaban J connectivity index is 1.55. The van der Waals surface area contributed by atoms with Gasteiger partial charge in [0.25, 0.3) is 0 Å². The lowest BCUT2D eigenvalue weighted by Crippen LogP contribution is -2.57. The number of sulfonamides is 1. The van der Waals surface area contributed by atoms with Crippen molar-refractivity contribution in [2.75, 3.05) is 18.0 Å². The molecule has 7 nitrogen and oxygen atoms in total. The van der Waals surface area contributed by atoms with Crippen molar-refractivity contribution in [3.63, 3.8) is 0 Å². The molecule has 0 unspecified atom stereocenters. The molecule has 1 amide bonds. The highest BCUT2D eigenvalue weighted by atomic mass is 32.2. The number of nitrogens with one attached hydrogen (secondary N) is 1. The number of anilines is 1. The van der Waals surface area contributed by atoms with Gasteiger partial charge in [-0.2, -0.15) is 4.31 Å². The number of hydrogen-bond donors (Lipinski definition) is 1. The number of carbonyl (C=O) groups is 1. The molecule has 3 fully saturated rings. The number of rotatable bonds is 7. The summed E-state index contributed by atoms with van der Waals surface area (Å²) in [6, 6.07) is 3.07. The topological polar surface area (TPSA) is 82.6 Å². The molecule has 172 valence electrons. The Morgan fingerprint density at radius 1 is 1.29 bits per heavy atom. The van der Waals surface area contributed by atoms with Gasteiger partial charge >= 0.3 is 0 Å². The molecule has 1 spiro atoms. The van der Waals surface area contributed by atoms with Gasteiger partial charge < -0.3 is 10.2 Å². The van der Waals surface area contributed by atoms with Crippen molar-refractivity contribution in [1.82, 2.24) is 14.6 Å². The van der Waals surface area contributed by atoms with Crippen LogP contribution in [0.2, 0.25) is 0 Å². The Labute approximate surface area is 186 Å². The van der Waals surface area contributed by atoms with Gasteiger partial charge in [0.05, 0.1) is 0 Å². The van der Waals surface area contributed by atoms with E-state index in [0.29, 0.717) is 37.2 Å². The fourth-order valence-corrected chi connectivity index (χ4v) is 7.37. The molecule has 4 rings (SSSR count). The van der Waals surface area contributed by atoms with Crippen molar-refractivity contribution in [3.8, 4) is 0 Å². The summed E-state index contributed by atoms with van der Waals surface area (Å²) >= 11 is 0. The van der Waals surface area contributed by atoms with E-state index in [2.05, 4.69) is 10.3 Å². The summed E-state index contributed by atoms with van der Waals surface area (Å²) in [6.45, 7) is 8.96. The molecule has 0 radical (unpaired) electrons. The summed E-state index contributed by atoms with van der Waals surface area (Å²) in [7, 11) is -3.84. The van der Waals surface area contributed by atoms with Crippen LogP contribution in [0.5, 0.6) is 0 Å². The highest BCUT2D eigenvalue weighted by molar-refractivity contribution is 7.89. The number of carbonyl (C=O) groups excluding carboxylic acids is 1. The van der Waals surface area contributed by atoms with Crippen molar-refractivity contribution in [1.29, 1.82) is 0 Å². The van der Waals surface area contributed by atoms with Crippen molar-refractivity contribution in [2.45, 2.75) is 95.7 Å². The summed E-state index contributed by atoms with van der Waals surface area (Å²) in [5.41, 5.74) is 1.25. The van der Waals surface area contributed by atoms with Crippen LogP contribution in [0.25, 0.3) is 0 Å². The van der Waals surface area contributed by atoms with E-state index >= 15 is 0 Å². The lowest BCUT2D eigenvalue weighted by atomic mass is 9.54. The molecule has 1 aromatic rings. The van der Waals surface area contributed by atoms with Crippen LogP contribution >= 0.6 is 0 Å². The van der Waals surface area contributed by atoms with Gasteiger partial charge in [0.15, 0.2) is 0 Å². The highest BCUT2D eigenvalue weighted by Crippen LogP contribution is 2.55. The standard InChI is InChI=1S/C23H36N4O3S/c1-5-26(16(2)3)21-20(10-9-17(4)24-21)31(29,30)27-13-6-8-19(27)22(28)25-18-14-23(15-18)11-7-12-23/h9-10,16,18-19H,5-8,11-15H2,1-4H3,(H,25,28)/t19-/m0/s1. The molecule has 1 aliphatic heterocycles. The zero-order valence-electron chi connectivity index (χ0n) is 19.2. The second-order valence-corrected chi connectivity index (χ2v) is 11.8. The van der Waals surface area contributed by atoms with E-state index in [9.17, 15) is 13.2 Å². The molecule has 0 bridgehead atoms. The maximum Gasteiger partial charge on any atom is 0.247 e. The molecule has 1 aromatic heterocycles. The molecular formula is C23H36N4O3S.